The number of anilines is 2. The summed E-state index contributed by atoms with van der Waals surface area (Å²) in [5.41, 5.74) is 7.31. The molecule has 2 heterocycles. The topological polar surface area (TPSA) is 76.7 Å². The van der Waals surface area contributed by atoms with Crippen LogP contribution in [0.2, 0.25) is 0 Å². The number of hydrogen-bond donors (Lipinski definition) is 2. The van der Waals surface area contributed by atoms with Crippen LogP contribution in [0.4, 0.5) is 11.5 Å². The van der Waals surface area contributed by atoms with Crippen molar-refractivity contribution >= 4 is 33.7 Å². The van der Waals surface area contributed by atoms with E-state index >= 15 is 0 Å². The molecular weight excluding hydrogens is 270 g/mol. The first-order valence-corrected chi connectivity index (χ1v) is 7.25. The Kier molecular flexibility index (Phi) is 3.47. The zero-order valence-corrected chi connectivity index (χ0v) is 11.9. The Labute approximate surface area is 120 Å². The highest BCUT2D eigenvalue weighted by Gasteiger charge is 2.05. The number of nitrogens with two attached hydrogens (primary N) is 1. The first kappa shape index (κ1) is 12.8. The number of fused-ring (bicyclic) bond motifs is 1. The summed E-state index contributed by atoms with van der Waals surface area (Å²) in [5.74, 6) is 0.809. The third-order valence-corrected chi connectivity index (χ3v) is 4.16. The molecule has 0 atom stereocenters. The molecule has 0 aliphatic heterocycles. The highest BCUT2D eigenvalue weighted by molar-refractivity contribution is 7.11. The quantitative estimate of drug-likeness (QED) is 0.721. The summed E-state index contributed by atoms with van der Waals surface area (Å²) < 4.78 is 0. The molecule has 102 valence electrons. The van der Waals surface area contributed by atoms with E-state index in [1.165, 1.54) is 4.88 Å². The minimum atomic E-state index is 0.668. The molecule has 5 nitrogen and oxygen atoms in total. The summed E-state index contributed by atoms with van der Waals surface area (Å²) in [4.78, 5) is 14.2. The fraction of sp³-hybridized carbons (Fsp3) is 0.214. The zero-order valence-electron chi connectivity index (χ0n) is 11.1. The summed E-state index contributed by atoms with van der Waals surface area (Å²) in [7, 11) is 0. The van der Waals surface area contributed by atoms with Crippen LogP contribution in [0.3, 0.4) is 0 Å². The first-order valence-electron chi connectivity index (χ1n) is 6.44. The number of aromatic nitrogens is 3. The predicted molar refractivity (Wildman–Crippen MR) is 82.8 cm³/mol. The van der Waals surface area contributed by atoms with Crippen LogP contribution in [-0.2, 0) is 13.0 Å². The van der Waals surface area contributed by atoms with Gasteiger partial charge in [-0.1, -0.05) is 6.92 Å². The Hall–Kier alpha value is -2.21. The van der Waals surface area contributed by atoms with Crippen LogP contribution in [0.1, 0.15) is 16.8 Å². The molecule has 0 radical (unpaired) electrons. The van der Waals surface area contributed by atoms with Gasteiger partial charge in [0.15, 0.2) is 0 Å². The molecule has 0 amide bonds. The molecule has 0 spiro atoms. The van der Waals surface area contributed by atoms with Gasteiger partial charge in [0.1, 0.15) is 17.2 Å². The van der Waals surface area contributed by atoms with Gasteiger partial charge >= 0.3 is 0 Å². The maximum Gasteiger partial charge on any atom is 0.137 e. The molecule has 2 aromatic heterocycles. The molecule has 0 bridgehead atoms. The van der Waals surface area contributed by atoms with E-state index in [1.807, 2.05) is 24.4 Å². The van der Waals surface area contributed by atoms with Crippen molar-refractivity contribution in [1.29, 1.82) is 0 Å². The first-order chi connectivity index (χ1) is 9.76. The van der Waals surface area contributed by atoms with E-state index in [4.69, 9.17) is 5.73 Å². The Morgan fingerprint density at radius 1 is 1.25 bits per heavy atom. The lowest BCUT2D eigenvalue weighted by atomic mass is 10.2. The average Bonchev–Trinajstić information content (AvgIpc) is 2.92. The van der Waals surface area contributed by atoms with E-state index < -0.39 is 0 Å². The molecule has 3 rings (SSSR count). The highest BCUT2D eigenvalue weighted by Crippen LogP contribution is 2.22. The van der Waals surface area contributed by atoms with Crippen molar-refractivity contribution in [2.45, 2.75) is 19.9 Å². The largest absolute Gasteiger partial charge is 0.399 e. The van der Waals surface area contributed by atoms with Crippen LogP contribution in [0.5, 0.6) is 0 Å². The van der Waals surface area contributed by atoms with E-state index in [2.05, 4.69) is 27.2 Å². The predicted octanol–water partition coefficient (Wildman–Crippen LogP) is 2.84. The van der Waals surface area contributed by atoms with Gasteiger partial charge in [-0.2, -0.15) is 0 Å². The number of nitrogens with one attached hydrogen (secondary N) is 1. The van der Waals surface area contributed by atoms with Crippen LogP contribution < -0.4 is 11.1 Å². The molecule has 20 heavy (non-hydrogen) atoms. The maximum atomic E-state index is 5.77. The zero-order chi connectivity index (χ0) is 13.9. The van der Waals surface area contributed by atoms with Gasteiger partial charge in [-0.25, -0.2) is 15.0 Å². The number of hydrogen-bond acceptors (Lipinski definition) is 6. The van der Waals surface area contributed by atoms with Crippen LogP contribution in [0, 0.1) is 0 Å². The minimum Gasteiger partial charge on any atom is -0.399 e. The highest BCUT2D eigenvalue weighted by atomic mass is 32.1. The molecule has 0 aliphatic carbocycles. The molecule has 6 heteroatoms. The van der Waals surface area contributed by atoms with Crippen molar-refractivity contribution < 1.29 is 0 Å². The molecule has 0 fully saturated rings. The van der Waals surface area contributed by atoms with E-state index in [9.17, 15) is 0 Å². The second-order valence-electron chi connectivity index (χ2n) is 4.43. The van der Waals surface area contributed by atoms with Crippen molar-refractivity contribution in [3.63, 3.8) is 0 Å². The fourth-order valence-corrected chi connectivity index (χ4v) is 2.77. The number of nitrogens with zero attached hydrogens (tertiary/aromatic N) is 3. The number of thiazole rings is 1. The van der Waals surface area contributed by atoms with Gasteiger partial charge in [0.05, 0.1) is 12.1 Å². The van der Waals surface area contributed by atoms with Crippen LogP contribution in [0.25, 0.3) is 10.9 Å². The fourth-order valence-electron chi connectivity index (χ4n) is 1.97. The van der Waals surface area contributed by atoms with Gasteiger partial charge in [0, 0.05) is 22.1 Å². The van der Waals surface area contributed by atoms with Crippen LogP contribution in [-0.4, -0.2) is 15.0 Å². The standard InChI is InChI=1S/C14H15N5S/c1-2-10-6-16-13(20-10)7-17-14-11-4-3-9(15)5-12(11)18-8-19-14/h3-6,8H,2,7,15H2,1H3,(H,17,18,19). The van der Waals surface area contributed by atoms with Gasteiger partial charge < -0.3 is 11.1 Å². The molecular formula is C14H15N5S. The maximum absolute atomic E-state index is 5.77. The number of rotatable bonds is 4. The van der Waals surface area contributed by atoms with Gasteiger partial charge in [-0.05, 0) is 24.6 Å². The van der Waals surface area contributed by atoms with Crippen LogP contribution in [0.15, 0.2) is 30.7 Å². The third-order valence-electron chi connectivity index (χ3n) is 3.02. The molecule has 3 aromatic rings. The van der Waals surface area contributed by atoms with Crippen molar-refractivity contribution in [2.24, 2.45) is 0 Å². The lowest BCUT2D eigenvalue weighted by molar-refractivity contribution is 1.07. The van der Waals surface area contributed by atoms with Gasteiger partial charge in [0.2, 0.25) is 0 Å². The Balaban J connectivity index is 1.83. The summed E-state index contributed by atoms with van der Waals surface area (Å²) >= 11 is 1.72. The molecule has 0 unspecified atom stereocenters. The number of benzene rings is 1. The smallest absolute Gasteiger partial charge is 0.137 e. The Bertz CT molecular complexity index is 737. The van der Waals surface area contributed by atoms with Crippen LogP contribution >= 0.6 is 11.3 Å². The second kappa shape index (κ2) is 5.42. The summed E-state index contributed by atoms with van der Waals surface area (Å²) in [6, 6.07) is 5.64. The summed E-state index contributed by atoms with van der Waals surface area (Å²) in [5, 5.41) is 5.34. The van der Waals surface area contributed by atoms with Crippen molar-refractivity contribution in [3.05, 3.63) is 40.6 Å². The van der Waals surface area contributed by atoms with Gasteiger partial charge in [-0.3, -0.25) is 0 Å². The van der Waals surface area contributed by atoms with E-state index in [0.717, 1.165) is 28.1 Å². The van der Waals surface area contributed by atoms with E-state index in [0.29, 0.717) is 12.2 Å². The normalized spacial score (nSPS) is 10.8. The van der Waals surface area contributed by atoms with E-state index in [-0.39, 0.29) is 0 Å². The summed E-state index contributed by atoms with van der Waals surface area (Å²) in [6.07, 6.45) is 4.50. The lowest BCUT2D eigenvalue weighted by Crippen LogP contribution is -2.02. The van der Waals surface area contributed by atoms with Gasteiger partial charge in [0.25, 0.3) is 0 Å². The SMILES string of the molecule is CCc1cnc(CNc2ncnc3cc(N)ccc23)s1. The van der Waals surface area contributed by atoms with E-state index in [1.54, 1.807) is 17.7 Å². The average molecular weight is 285 g/mol. The lowest BCUT2D eigenvalue weighted by Gasteiger charge is -2.07. The number of nitrogen functional groups attached to an aromatic ring is 1. The number of aryl methyl sites for hydroxylation is 1. The molecule has 0 saturated carbocycles. The minimum absolute atomic E-state index is 0.668. The van der Waals surface area contributed by atoms with Gasteiger partial charge in [-0.15, -0.1) is 11.3 Å². The third kappa shape index (κ3) is 2.55. The Morgan fingerprint density at radius 3 is 2.95 bits per heavy atom. The molecule has 1 aromatic carbocycles. The molecule has 0 aliphatic rings. The van der Waals surface area contributed by atoms with Crippen molar-refractivity contribution in [2.75, 3.05) is 11.1 Å². The Morgan fingerprint density at radius 2 is 2.15 bits per heavy atom. The molecule has 0 saturated heterocycles. The monoisotopic (exact) mass is 285 g/mol. The van der Waals surface area contributed by atoms with Crippen molar-refractivity contribution in [3.8, 4) is 0 Å². The van der Waals surface area contributed by atoms with Crippen molar-refractivity contribution in [1.82, 2.24) is 15.0 Å². The molecule has 3 N–H and O–H groups in total. The second-order valence-corrected chi connectivity index (χ2v) is 5.63. The summed E-state index contributed by atoms with van der Waals surface area (Å²) in [6.45, 7) is 2.80.